The number of piperazine rings is 1. The van der Waals surface area contributed by atoms with Crippen molar-refractivity contribution in [2.75, 3.05) is 39.4 Å². The summed E-state index contributed by atoms with van der Waals surface area (Å²) in [6, 6.07) is 15.8. The lowest BCUT2D eigenvalue weighted by Crippen LogP contribution is -2.51. The van der Waals surface area contributed by atoms with Gasteiger partial charge < -0.3 is 24.0 Å². The Morgan fingerprint density at radius 1 is 0.833 bits per heavy atom. The lowest BCUT2D eigenvalue weighted by Gasteiger charge is -2.33. The van der Waals surface area contributed by atoms with Gasteiger partial charge >= 0.3 is 12.1 Å². The van der Waals surface area contributed by atoms with Crippen molar-refractivity contribution in [2.45, 2.75) is 6.92 Å². The van der Waals surface area contributed by atoms with E-state index in [0.29, 0.717) is 49.8 Å². The molecule has 158 valence electrons. The van der Waals surface area contributed by atoms with Gasteiger partial charge in [0.25, 0.3) is 5.91 Å². The van der Waals surface area contributed by atoms with Crippen LogP contribution < -0.4 is 4.74 Å². The number of nitrogens with zero attached hydrogens (tertiary/aromatic N) is 2. The molecule has 0 radical (unpaired) electrons. The van der Waals surface area contributed by atoms with Crippen LogP contribution >= 0.6 is 0 Å². The quantitative estimate of drug-likeness (QED) is 0.678. The minimum Gasteiger partial charge on any atom is -0.457 e. The number of esters is 1. The third-order valence-corrected chi connectivity index (χ3v) is 4.53. The van der Waals surface area contributed by atoms with Crippen LogP contribution in [0.1, 0.15) is 17.3 Å². The van der Waals surface area contributed by atoms with Gasteiger partial charge in [0.1, 0.15) is 11.5 Å². The molecule has 30 heavy (non-hydrogen) atoms. The number of carbonyl (C=O) groups is 3. The molecule has 0 bridgehead atoms. The molecule has 2 aromatic rings. The molecule has 0 aromatic heterocycles. The molecule has 0 N–H and O–H groups in total. The Kier molecular flexibility index (Phi) is 7.26. The van der Waals surface area contributed by atoms with Crippen molar-refractivity contribution >= 4 is 18.0 Å². The van der Waals surface area contributed by atoms with Crippen molar-refractivity contribution in [3.63, 3.8) is 0 Å². The minimum atomic E-state index is -0.605. The maximum Gasteiger partial charge on any atom is 0.409 e. The molecule has 1 fully saturated rings. The van der Waals surface area contributed by atoms with Gasteiger partial charge in [-0.2, -0.15) is 0 Å². The summed E-state index contributed by atoms with van der Waals surface area (Å²) in [6.07, 6.45) is -0.381. The molecule has 1 aliphatic rings. The zero-order valence-electron chi connectivity index (χ0n) is 16.8. The van der Waals surface area contributed by atoms with Gasteiger partial charge in [0.2, 0.25) is 0 Å². The smallest absolute Gasteiger partial charge is 0.409 e. The molecular weight excluding hydrogens is 388 g/mol. The maximum atomic E-state index is 12.3. The average Bonchev–Trinajstić information content (AvgIpc) is 2.78. The number of carbonyl (C=O) groups excluding carboxylic acids is 3. The third-order valence-electron chi connectivity index (χ3n) is 4.53. The van der Waals surface area contributed by atoms with Gasteiger partial charge in [0.15, 0.2) is 6.61 Å². The minimum absolute atomic E-state index is 0.295. The van der Waals surface area contributed by atoms with Crippen LogP contribution in [0.5, 0.6) is 11.5 Å². The first-order chi connectivity index (χ1) is 14.6. The largest absolute Gasteiger partial charge is 0.457 e. The highest BCUT2D eigenvalue weighted by molar-refractivity contribution is 5.91. The Labute approximate surface area is 174 Å². The molecule has 1 heterocycles. The molecule has 8 heteroatoms. The topological polar surface area (TPSA) is 85.4 Å². The number of rotatable bonds is 6. The highest BCUT2D eigenvalue weighted by Crippen LogP contribution is 2.22. The summed E-state index contributed by atoms with van der Waals surface area (Å²) >= 11 is 0. The summed E-state index contributed by atoms with van der Waals surface area (Å²) < 4.78 is 15.8. The predicted octanol–water partition coefficient (Wildman–Crippen LogP) is 2.94. The van der Waals surface area contributed by atoms with Gasteiger partial charge in [0.05, 0.1) is 12.2 Å². The number of amides is 2. The van der Waals surface area contributed by atoms with Crippen LogP contribution in [0.2, 0.25) is 0 Å². The van der Waals surface area contributed by atoms with Crippen molar-refractivity contribution in [3.8, 4) is 11.5 Å². The SMILES string of the molecule is CCOC(=O)N1CCN(C(=O)COC(=O)c2cccc(Oc3ccccc3)c2)CC1. The number of para-hydroxylation sites is 1. The number of benzene rings is 2. The van der Waals surface area contributed by atoms with Crippen molar-refractivity contribution < 1.29 is 28.6 Å². The number of hydrogen-bond acceptors (Lipinski definition) is 6. The van der Waals surface area contributed by atoms with E-state index in [9.17, 15) is 14.4 Å². The summed E-state index contributed by atoms with van der Waals surface area (Å²) in [4.78, 5) is 39.5. The molecule has 0 atom stereocenters. The van der Waals surface area contributed by atoms with Crippen LogP contribution in [0.3, 0.4) is 0 Å². The molecule has 1 saturated heterocycles. The van der Waals surface area contributed by atoms with Crippen molar-refractivity contribution in [2.24, 2.45) is 0 Å². The summed E-state index contributed by atoms with van der Waals surface area (Å²) in [5.41, 5.74) is 0.295. The first-order valence-electron chi connectivity index (χ1n) is 9.76. The van der Waals surface area contributed by atoms with Gasteiger partial charge in [-0.25, -0.2) is 9.59 Å². The van der Waals surface area contributed by atoms with E-state index in [4.69, 9.17) is 14.2 Å². The fourth-order valence-corrected chi connectivity index (χ4v) is 2.97. The fourth-order valence-electron chi connectivity index (χ4n) is 2.97. The second kappa shape index (κ2) is 10.3. The molecule has 0 saturated carbocycles. The van der Waals surface area contributed by atoms with Crippen molar-refractivity contribution in [1.29, 1.82) is 0 Å². The molecule has 3 rings (SSSR count). The normalized spacial score (nSPS) is 13.5. The highest BCUT2D eigenvalue weighted by atomic mass is 16.6. The number of hydrogen-bond donors (Lipinski definition) is 0. The van der Waals surface area contributed by atoms with E-state index in [1.165, 1.54) is 0 Å². The summed E-state index contributed by atoms with van der Waals surface area (Å²) in [6.45, 7) is 3.21. The van der Waals surface area contributed by atoms with E-state index < -0.39 is 5.97 Å². The summed E-state index contributed by atoms with van der Waals surface area (Å²) in [7, 11) is 0. The standard InChI is InChI=1S/C22H24N2O6/c1-2-28-22(27)24-13-11-23(12-14-24)20(25)16-29-21(26)17-7-6-10-19(15-17)30-18-8-4-3-5-9-18/h3-10,15H,2,11-14,16H2,1H3. The second-order valence-electron chi connectivity index (χ2n) is 6.59. The summed E-state index contributed by atoms with van der Waals surface area (Å²) in [5.74, 6) is 0.243. The van der Waals surface area contributed by atoms with Gasteiger partial charge in [0, 0.05) is 26.2 Å². The third kappa shape index (κ3) is 5.73. The van der Waals surface area contributed by atoms with Crippen LogP contribution in [0.15, 0.2) is 54.6 Å². The molecule has 1 aliphatic heterocycles. The van der Waals surface area contributed by atoms with E-state index in [-0.39, 0.29) is 18.6 Å². The molecule has 2 amide bonds. The van der Waals surface area contributed by atoms with E-state index in [0.717, 1.165) is 0 Å². The zero-order valence-corrected chi connectivity index (χ0v) is 16.8. The lowest BCUT2D eigenvalue weighted by molar-refractivity contribution is -0.136. The lowest BCUT2D eigenvalue weighted by atomic mass is 10.2. The van der Waals surface area contributed by atoms with Crippen LogP contribution in [-0.2, 0) is 14.3 Å². The molecule has 0 unspecified atom stereocenters. The summed E-state index contributed by atoms with van der Waals surface area (Å²) in [5, 5.41) is 0. The number of ether oxygens (including phenoxy) is 3. The van der Waals surface area contributed by atoms with E-state index >= 15 is 0 Å². The average molecular weight is 412 g/mol. The first-order valence-corrected chi connectivity index (χ1v) is 9.76. The molecule has 0 aliphatic carbocycles. The molecule has 8 nitrogen and oxygen atoms in total. The predicted molar refractivity (Wildman–Crippen MR) is 108 cm³/mol. The van der Waals surface area contributed by atoms with Crippen LogP contribution in [0, 0.1) is 0 Å². The maximum absolute atomic E-state index is 12.3. The monoisotopic (exact) mass is 412 g/mol. The highest BCUT2D eigenvalue weighted by Gasteiger charge is 2.25. The van der Waals surface area contributed by atoms with Crippen LogP contribution in [0.25, 0.3) is 0 Å². The Hall–Kier alpha value is -3.55. The van der Waals surface area contributed by atoms with Gasteiger partial charge in [-0.05, 0) is 37.3 Å². The van der Waals surface area contributed by atoms with Gasteiger partial charge in [-0.15, -0.1) is 0 Å². The Balaban J connectivity index is 1.48. The molecule has 0 spiro atoms. The molecular formula is C22H24N2O6. The Bertz CT molecular complexity index is 878. The Morgan fingerprint density at radius 2 is 1.50 bits per heavy atom. The van der Waals surface area contributed by atoms with Crippen LogP contribution in [0.4, 0.5) is 4.79 Å². The first kappa shape index (κ1) is 21.2. The van der Waals surface area contributed by atoms with E-state index in [1.807, 2.05) is 30.3 Å². The second-order valence-corrected chi connectivity index (χ2v) is 6.59. The van der Waals surface area contributed by atoms with Crippen molar-refractivity contribution in [3.05, 3.63) is 60.2 Å². The fraction of sp³-hybridized carbons (Fsp3) is 0.318. The van der Waals surface area contributed by atoms with E-state index in [2.05, 4.69) is 0 Å². The van der Waals surface area contributed by atoms with Crippen molar-refractivity contribution in [1.82, 2.24) is 9.80 Å². The molecule has 2 aromatic carbocycles. The van der Waals surface area contributed by atoms with Gasteiger partial charge in [-0.3, -0.25) is 4.79 Å². The zero-order chi connectivity index (χ0) is 21.3. The van der Waals surface area contributed by atoms with Gasteiger partial charge in [-0.1, -0.05) is 24.3 Å². The van der Waals surface area contributed by atoms with E-state index in [1.54, 1.807) is 41.0 Å². The van der Waals surface area contributed by atoms with Crippen LogP contribution in [-0.4, -0.2) is 67.2 Å². The Morgan fingerprint density at radius 3 is 2.20 bits per heavy atom.